The van der Waals surface area contributed by atoms with Gasteiger partial charge in [0.2, 0.25) is 0 Å². The van der Waals surface area contributed by atoms with Gasteiger partial charge in [-0.1, -0.05) is 28.1 Å². The highest BCUT2D eigenvalue weighted by atomic mass is 79.9. The first-order chi connectivity index (χ1) is 7.66. The predicted octanol–water partition coefficient (Wildman–Crippen LogP) is 4.24. The average molecular weight is 295 g/mol. The fraction of sp³-hybridized carbons (Fsp3) is 0.154. The van der Waals surface area contributed by atoms with Crippen molar-refractivity contribution in [1.82, 2.24) is 0 Å². The summed E-state index contributed by atoms with van der Waals surface area (Å²) in [6.07, 6.45) is 0.473. The first-order valence-electron chi connectivity index (χ1n) is 4.98. The summed E-state index contributed by atoms with van der Waals surface area (Å²) in [7, 11) is 0. The number of aryl methyl sites for hydroxylation is 1. The Labute approximate surface area is 107 Å². The quantitative estimate of drug-likeness (QED) is 0.774. The minimum absolute atomic E-state index is 0.200. The van der Waals surface area contributed by atoms with Crippen LogP contribution in [-0.2, 0) is 6.42 Å². The Morgan fingerprint density at radius 1 is 1.38 bits per heavy atom. The van der Waals surface area contributed by atoms with Gasteiger partial charge in [-0.15, -0.1) is 11.3 Å². The van der Waals surface area contributed by atoms with Gasteiger partial charge in [-0.25, -0.2) is 0 Å². The van der Waals surface area contributed by atoms with E-state index in [9.17, 15) is 4.79 Å². The number of thiophene rings is 1. The largest absolute Gasteiger partial charge is 0.293 e. The molecule has 1 heterocycles. The Morgan fingerprint density at radius 2 is 2.19 bits per heavy atom. The first-order valence-corrected chi connectivity index (χ1v) is 6.66. The maximum atomic E-state index is 12.0. The lowest BCUT2D eigenvalue weighted by Gasteiger charge is -2.01. The smallest absolute Gasteiger partial charge is 0.177 e. The third-order valence-corrected chi connectivity index (χ3v) is 3.92. The summed E-state index contributed by atoms with van der Waals surface area (Å²) >= 11 is 4.93. The molecule has 0 unspecified atom stereocenters. The molecule has 0 amide bonds. The lowest BCUT2D eigenvalue weighted by Crippen LogP contribution is -2.02. The van der Waals surface area contributed by atoms with Crippen LogP contribution >= 0.6 is 27.3 Å². The van der Waals surface area contributed by atoms with Gasteiger partial charge in [0.15, 0.2) is 5.78 Å². The number of Topliss-reactive ketones (excluding diaryl/α,β-unsaturated/α-hetero) is 1. The van der Waals surface area contributed by atoms with Crippen molar-refractivity contribution in [2.45, 2.75) is 13.3 Å². The molecule has 0 atom stereocenters. The normalized spacial score (nSPS) is 10.4. The molecule has 1 nitrogen and oxygen atoms in total. The van der Waals surface area contributed by atoms with Gasteiger partial charge in [-0.05, 0) is 41.6 Å². The van der Waals surface area contributed by atoms with E-state index in [-0.39, 0.29) is 5.78 Å². The van der Waals surface area contributed by atoms with E-state index in [2.05, 4.69) is 15.9 Å². The molecule has 0 saturated carbocycles. The number of hydrogen-bond acceptors (Lipinski definition) is 2. The third kappa shape index (κ3) is 2.60. The van der Waals surface area contributed by atoms with E-state index in [1.807, 2.05) is 42.6 Å². The number of halogens is 1. The molecule has 0 aliphatic heterocycles. The van der Waals surface area contributed by atoms with Crippen molar-refractivity contribution >= 4 is 33.0 Å². The van der Waals surface area contributed by atoms with Crippen LogP contribution in [0, 0.1) is 6.92 Å². The molecule has 0 aliphatic rings. The van der Waals surface area contributed by atoms with Crippen molar-refractivity contribution in [2.24, 2.45) is 0 Å². The Kier molecular flexibility index (Phi) is 3.56. The number of carbonyl (C=O) groups excluding carboxylic acids is 1. The van der Waals surface area contributed by atoms with Crippen LogP contribution in [0.5, 0.6) is 0 Å². The number of ketones is 1. The summed E-state index contributed by atoms with van der Waals surface area (Å²) in [6.45, 7) is 1.98. The molecule has 2 rings (SSSR count). The van der Waals surface area contributed by atoms with E-state index in [0.717, 1.165) is 20.5 Å². The number of hydrogen-bond donors (Lipinski definition) is 0. The first kappa shape index (κ1) is 11.6. The lowest BCUT2D eigenvalue weighted by molar-refractivity contribution is 0.0996. The molecule has 0 N–H and O–H groups in total. The molecule has 0 aliphatic carbocycles. The minimum atomic E-state index is 0.200. The second kappa shape index (κ2) is 4.93. The zero-order chi connectivity index (χ0) is 11.5. The summed E-state index contributed by atoms with van der Waals surface area (Å²) < 4.78 is 1.01. The molecular weight excluding hydrogens is 284 g/mol. The van der Waals surface area contributed by atoms with Gasteiger partial charge in [-0.2, -0.15) is 0 Å². The van der Waals surface area contributed by atoms with Gasteiger partial charge < -0.3 is 0 Å². The number of benzene rings is 1. The van der Waals surface area contributed by atoms with Crippen LogP contribution < -0.4 is 0 Å². The Balaban J connectivity index is 2.17. The van der Waals surface area contributed by atoms with Gasteiger partial charge in [-0.3, -0.25) is 4.79 Å². The molecule has 1 aromatic heterocycles. The van der Waals surface area contributed by atoms with Gasteiger partial charge >= 0.3 is 0 Å². The van der Waals surface area contributed by atoms with Crippen LogP contribution in [-0.4, -0.2) is 5.78 Å². The van der Waals surface area contributed by atoms with Crippen LogP contribution in [0.25, 0.3) is 0 Å². The average Bonchev–Trinajstić information content (AvgIpc) is 2.64. The summed E-state index contributed by atoms with van der Waals surface area (Å²) in [6, 6.07) is 9.86. The fourth-order valence-corrected chi connectivity index (χ4v) is 2.88. The number of carbonyl (C=O) groups is 1. The van der Waals surface area contributed by atoms with Gasteiger partial charge in [0.05, 0.1) is 4.88 Å². The zero-order valence-corrected chi connectivity index (χ0v) is 11.3. The molecule has 1 aromatic carbocycles. The molecule has 0 fully saturated rings. The molecule has 3 heteroatoms. The highest BCUT2D eigenvalue weighted by Gasteiger charge is 2.11. The van der Waals surface area contributed by atoms with Gasteiger partial charge in [0.1, 0.15) is 0 Å². The van der Waals surface area contributed by atoms with Gasteiger partial charge in [0, 0.05) is 10.9 Å². The minimum Gasteiger partial charge on any atom is -0.293 e. The van der Waals surface area contributed by atoms with Crippen LogP contribution in [0.2, 0.25) is 0 Å². The SMILES string of the molecule is Cc1ccsc1C(=O)Cc1cccc(Br)c1. The molecular formula is C13H11BrOS. The Hall–Kier alpha value is -0.930. The monoisotopic (exact) mass is 294 g/mol. The van der Waals surface area contributed by atoms with E-state index in [0.29, 0.717) is 6.42 Å². The fourth-order valence-electron chi connectivity index (χ4n) is 1.57. The maximum Gasteiger partial charge on any atom is 0.177 e. The van der Waals surface area contributed by atoms with Crippen molar-refractivity contribution in [3.05, 3.63) is 56.2 Å². The number of rotatable bonds is 3. The Morgan fingerprint density at radius 3 is 2.81 bits per heavy atom. The second-order valence-electron chi connectivity index (χ2n) is 3.66. The van der Waals surface area contributed by atoms with E-state index in [1.165, 1.54) is 11.3 Å². The molecule has 2 aromatic rings. The van der Waals surface area contributed by atoms with E-state index < -0.39 is 0 Å². The summed E-state index contributed by atoms with van der Waals surface area (Å²) in [5.41, 5.74) is 2.12. The molecule has 16 heavy (non-hydrogen) atoms. The van der Waals surface area contributed by atoms with Crippen molar-refractivity contribution in [1.29, 1.82) is 0 Å². The predicted molar refractivity (Wildman–Crippen MR) is 71.2 cm³/mol. The molecule has 0 saturated heterocycles. The lowest BCUT2D eigenvalue weighted by atomic mass is 10.1. The van der Waals surface area contributed by atoms with Crippen molar-refractivity contribution in [2.75, 3.05) is 0 Å². The van der Waals surface area contributed by atoms with Crippen LogP contribution in [0.1, 0.15) is 20.8 Å². The maximum absolute atomic E-state index is 12.0. The van der Waals surface area contributed by atoms with E-state index in [4.69, 9.17) is 0 Å². The standard InChI is InChI=1S/C13H11BrOS/c1-9-5-6-16-13(9)12(15)8-10-3-2-4-11(14)7-10/h2-7H,8H2,1H3. The van der Waals surface area contributed by atoms with Crippen LogP contribution in [0.3, 0.4) is 0 Å². The zero-order valence-electron chi connectivity index (χ0n) is 8.87. The molecule has 0 spiro atoms. The Bertz CT molecular complexity index is 516. The van der Waals surface area contributed by atoms with Crippen LogP contribution in [0.4, 0.5) is 0 Å². The highest BCUT2D eigenvalue weighted by Crippen LogP contribution is 2.19. The molecule has 0 bridgehead atoms. The van der Waals surface area contributed by atoms with Crippen molar-refractivity contribution in [3.8, 4) is 0 Å². The second-order valence-corrected chi connectivity index (χ2v) is 5.49. The summed E-state index contributed by atoms with van der Waals surface area (Å²) in [5, 5.41) is 1.96. The van der Waals surface area contributed by atoms with Crippen molar-refractivity contribution < 1.29 is 4.79 Å². The third-order valence-electron chi connectivity index (χ3n) is 2.37. The highest BCUT2D eigenvalue weighted by molar-refractivity contribution is 9.10. The summed E-state index contributed by atoms with van der Waals surface area (Å²) in [4.78, 5) is 12.9. The molecule has 82 valence electrons. The topological polar surface area (TPSA) is 17.1 Å². The summed E-state index contributed by atoms with van der Waals surface area (Å²) in [5.74, 6) is 0.200. The van der Waals surface area contributed by atoms with E-state index >= 15 is 0 Å². The van der Waals surface area contributed by atoms with Crippen molar-refractivity contribution in [3.63, 3.8) is 0 Å². The molecule has 0 radical (unpaired) electrons. The van der Waals surface area contributed by atoms with Crippen LogP contribution in [0.15, 0.2) is 40.2 Å². The van der Waals surface area contributed by atoms with Gasteiger partial charge in [0.25, 0.3) is 0 Å². The van der Waals surface area contributed by atoms with E-state index in [1.54, 1.807) is 0 Å².